The van der Waals surface area contributed by atoms with E-state index in [0.29, 0.717) is 30.0 Å². The van der Waals surface area contributed by atoms with Crippen molar-refractivity contribution >= 4 is 23.5 Å². The van der Waals surface area contributed by atoms with Crippen molar-refractivity contribution in [2.24, 2.45) is 0 Å². The van der Waals surface area contributed by atoms with Gasteiger partial charge in [-0.2, -0.15) is 0 Å². The molecule has 1 atom stereocenters. The molecule has 8 heteroatoms. The summed E-state index contributed by atoms with van der Waals surface area (Å²) in [5.41, 5.74) is 1.13. The molecule has 1 heterocycles. The van der Waals surface area contributed by atoms with Crippen LogP contribution >= 0.6 is 0 Å². The zero-order valence-corrected chi connectivity index (χ0v) is 15.7. The van der Waals surface area contributed by atoms with Gasteiger partial charge in [-0.1, -0.05) is 6.07 Å². The average Bonchev–Trinajstić information content (AvgIpc) is 3.27. The number of carboxylic acids is 1. The lowest BCUT2D eigenvalue weighted by Gasteiger charge is -2.12. The number of carbonyl (C=O) groups excluding carboxylic acids is 2. The highest BCUT2D eigenvalue weighted by Crippen LogP contribution is 2.16. The first-order chi connectivity index (χ1) is 14.0. The number of nitrogens with one attached hydrogen (secondary N) is 2. The van der Waals surface area contributed by atoms with Crippen LogP contribution in [-0.4, -0.2) is 48.8 Å². The third kappa shape index (κ3) is 5.79. The molecule has 1 saturated heterocycles. The van der Waals surface area contributed by atoms with Gasteiger partial charge >= 0.3 is 5.97 Å². The van der Waals surface area contributed by atoms with Crippen LogP contribution in [0.3, 0.4) is 0 Å². The fourth-order valence-electron chi connectivity index (χ4n) is 2.87. The van der Waals surface area contributed by atoms with E-state index in [1.807, 2.05) is 0 Å². The SMILES string of the molecule is O=C(O)c1ccc(OCCNC(=O)c2cccc(NC(=O)C3CCCO3)c2)cc1. The highest BCUT2D eigenvalue weighted by Gasteiger charge is 2.23. The molecule has 29 heavy (non-hydrogen) atoms. The number of hydrogen-bond acceptors (Lipinski definition) is 5. The molecular formula is C21H22N2O6. The van der Waals surface area contributed by atoms with Crippen LogP contribution in [0.1, 0.15) is 33.6 Å². The number of aromatic carboxylic acids is 1. The second kappa shape index (κ2) is 9.70. The van der Waals surface area contributed by atoms with Crippen molar-refractivity contribution in [2.45, 2.75) is 18.9 Å². The predicted octanol–water partition coefficient (Wildman–Crippen LogP) is 2.31. The van der Waals surface area contributed by atoms with Gasteiger partial charge in [-0.15, -0.1) is 0 Å². The zero-order chi connectivity index (χ0) is 20.6. The van der Waals surface area contributed by atoms with Crippen LogP contribution in [0, 0.1) is 0 Å². The minimum absolute atomic E-state index is 0.178. The average molecular weight is 398 g/mol. The van der Waals surface area contributed by atoms with Gasteiger partial charge in [0.2, 0.25) is 0 Å². The Labute approximate surface area is 167 Å². The normalized spacial score (nSPS) is 15.5. The Kier molecular flexibility index (Phi) is 6.80. The molecule has 1 aliphatic heterocycles. The lowest BCUT2D eigenvalue weighted by Crippen LogP contribution is -2.29. The lowest BCUT2D eigenvalue weighted by atomic mass is 10.1. The summed E-state index contributed by atoms with van der Waals surface area (Å²) < 4.78 is 10.8. The van der Waals surface area contributed by atoms with Gasteiger partial charge in [-0.05, 0) is 55.3 Å². The van der Waals surface area contributed by atoms with Crippen LogP contribution in [0.4, 0.5) is 5.69 Å². The van der Waals surface area contributed by atoms with E-state index >= 15 is 0 Å². The molecule has 8 nitrogen and oxygen atoms in total. The second-order valence-electron chi connectivity index (χ2n) is 6.51. The molecular weight excluding hydrogens is 376 g/mol. The first-order valence-corrected chi connectivity index (χ1v) is 9.30. The molecule has 0 saturated carbocycles. The van der Waals surface area contributed by atoms with E-state index < -0.39 is 12.1 Å². The van der Waals surface area contributed by atoms with Crippen molar-refractivity contribution in [1.29, 1.82) is 0 Å². The van der Waals surface area contributed by atoms with Gasteiger partial charge in [-0.3, -0.25) is 9.59 Å². The Balaban J connectivity index is 1.45. The molecule has 2 aromatic carbocycles. The molecule has 3 N–H and O–H groups in total. The summed E-state index contributed by atoms with van der Waals surface area (Å²) in [5.74, 6) is -0.980. The van der Waals surface area contributed by atoms with Crippen molar-refractivity contribution in [3.63, 3.8) is 0 Å². The smallest absolute Gasteiger partial charge is 0.335 e. The zero-order valence-electron chi connectivity index (χ0n) is 15.7. The van der Waals surface area contributed by atoms with Gasteiger partial charge in [0.05, 0.1) is 12.1 Å². The molecule has 0 bridgehead atoms. The number of benzene rings is 2. The van der Waals surface area contributed by atoms with Crippen molar-refractivity contribution < 1.29 is 29.0 Å². The van der Waals surface area contributed by atoms with Gasteiger partial charge in [0.15, 0.2) is 0 Å². The Morgan fingerprint density at radius 2 is 1.90 bits per heavy atom. The third-order valence-electron chi connectivity index (χ3n) is 4.37. The van der Waals surface area contributed by atoms with Gasteiger partial charge in [-0.25, -0.2) is 4.79 Å². The fraction of sp³-hybridized carbons (Fsp3) is 0.286. The van der Waals surface area contributed by atoms with Gasteiger partial charge in [0, 0.05) is 17.9 Å². The molecule has 1 fully saturated rings. The molecule has 2 amide bonds. The van der Waals surface area contributed by atoms with E-state index in [1.54, 1.807) is 36.4 Å². The maximum Gasteiger partial charge on any atom is 0.335 e. The summed E-state index contributed by atoms with van der Waals surface area (Å²) >= 11 is 0. The fourth-order valence-corrected chi connectivity index (χ4v) is 2.87. The number of anilines is 1. The van der Waals surface area contributed by atoms with Crippen LogP contribution < -0.4 is 15.4 Å². The molecule has 1 unspecified atom stereocenters. The van der Waals surface area contributed by atoms with Crippen LogP contribution in [-0.2, 0) is 9.53 Å². The molecule has 0 spiro atoms. The molecule has 3 rings (SSSR count). The molecule has 152 valence electrons. The largest absolute Gasteiger partial charge is 0.492 e. The van der Waals surface area contributed by atoms with E-state index in [0.717, 1.165) is 6.42 Å². The van der Waals surface area contributed by atoms with Crippen LogP contribution in [0.15, 0.2) is 48.5 Å². The highest BCUT2D eigenvalue weighted by atomic mass is 16.5. The van der Waals surface area contributed by atoms with E-state index in [2.05, 4.69) is 10.6 Å². The lowest BCUT2D eigenvalue weighted by molar-refractivity contribution is -0.124. The van der Waals surface area contributed by atoms with E-state index in [9.17, 15) is 14.4 Å². The van der Waals surface area contributed by atoms with Crippen LogP contribution in [0.5, 0.6) is 5.75 Å². The second-order valence-corrected chi connectivity index (χ2v) is 6.51. The van der Waals surface area contributed by atoms with Crippen LogP contribution in [0.25, 0.3) is 0 Å². The highest BCUT2D eigenvalue weighted by molar-refractivity contribution is 5.98. The topological polar surface area (TPSA) is 114 Å². The Morgan fingerprint density at radius 3 is 2.59 bits per heavy atom. The number of amides is 2. The number of ether oxygens (including phenoxy) is 2. The molecule has 1 aliphatic rings. The maximum atomic E-state index is 12.3. The van der Waals surface area contributed by atoms with E-state index in [1.165, 1.54) is 12.1 Å². The summed E-state index contributed by atoms with van der Waals surface area (Å²) in [6, 6.07) is 12.7. The predicted molar refractivity (Wildman–Crippen MR) is 105 cm³/mol. The first kappa shape index (κ1) is 20.3. The minimum Gasteiger partial charge on any atom is -0.492 e. The van der Waals surface area contributed by atoms with Crippen LogP contribution in [0.2, 0.25) is 0 Å². The first-order valence-electron chi connectivity index (χ1n) is 9.30. The van der Waals surface area contributed by atoms with E-state index in [4.69, 9.17) is 14.6 Å². The monoisotopic (exact) mass is 398 g/mol. The summed E-state index contributed by atoms with van der Waals surface area (Å²) in [5, 5.41) is 14.4. The number of carboxylic acid groups (broad SMARTS) is 1. The number of rotatable bonds is 8. The number of hydrogen-bond donors (Lipinski definition) is 3. The molecule has 2 aromatic rings. The Morgan fingerprint density at radius 1 is 1.10 bits per heavy atom. The van der Waals surface area contributed by atoms with Crippen molar-refractivity contribution in [2.75, 3.05) is 25.1 Å². The molecule has 0 aromatic heterocycles. The summed E-state index contributed by atoms with van der Waals surface area (Å²) in [6.07, 6.45) is 1.13. The summed E-state index contributed by atoms with van der Waals surface area (Å²) in [7, 11) is 0. The summed E-state index contributed by atoms with van der Waals surface area (Å²) in [6.45, 7) is 1.09. The molecule has 0 radical (unpaired) electrons. The van der Waals surface area contributed by atoms with Gasteiger partial charge in [0.25, 0.3) is 11.8 Å². The molecule has 0 aliphatic carbocycles. The van der Waals surface area contributed by atoms with Gasteiger partial charge in [0.1, 0.15) is 18.5 Å². The summed E-state index contributed by atoms with van der Waals surface area (Å²) in [4.78, 5) is 35.2. The van der Waals surface area contributed by atoms with E-state index in [-0.39, 0.29) is 30.5 Å². The maximum absolute atomic E-state index is 12.3. The Hall–Kier alpha value is -3.39. The van der Waals surface area contributed by atoms with Gasteiger partial charge < -0.3 is 25.2 Å². The third-order valence-corrected chi connectivity index (χ3v) is 4.37. The van der Waals surface area contributed by atoms with Crippen molar-refractivity contribution in [3.8, 4) is 5.75 Å². The minimum atomic E-state index is -1.00. The quantitative estimate of drug-likeness (QED) is 0.588. The number of carbonyl (C=O) groups is 3. The van der Waals surface area contributed by atoms with Crippen molar-refractivity contribution in [3.05, 3.63) is 59.7 Å². The Bertz CT molecular complexity index is 875. The standard InChI is InChI=1S/C21H22N2O6/c24-19(22-10-12-28-17-8-6-14(7-9-17)21(26)27)15-3-1-4-16(13-15)23-20(25)18-5-2-11-29-18/h1,3-4,6-9,13,18H,2,5,10-12H2,(H,22,24)(H,23,25)(H,26,27). The van der Waals surface area contributed by atoms with Crippen molar-refractivity contribution in [1.82, 2.24) is 5.32 Å².